The maximum atomic E-state index is 13.1. The second-order valence-electron chi connectivity index (χ2n) is 6.60. The van der Waals surface area contributed by atoms with Crippen molar-refractivity contribution in [2.75, 3.05) is 20.2 Å². The van der Waals surface area contributed by atoms with Crippen molar-refractivity contribution in [3.63, 3.8) is 0 Å². The number of benzene rings is 1. The van der Waals surface area contributed by atoms with E-state index in [0.29, 0.717) is 30.1 Å². The molecule has 1 aromatic heterocycles. The van der Waals surface area contributed by atoms with Crippen molar-refractivity contribution in [2.45, 2.75) is 19.5 Å². The van der Waals surface area contributed by atoms with Gasteiger partial charge in [-0.1, -0.05) is 12.1 Å². The van der Waals surface area contributed by atoms with Gasteiger partial charge in [0.2, 0.25) is 0 Å². The first-order chi connectivity index (χ1) is 13.5. The molecule has 0 bridgehead atoms. The van der Waals surface area contributed by atoms with Gasteiger partial charge < -0.3 is 24.7 Å². The van der Waals surface area contributed by atoms with Gasteiger partial charge in [0.05, 0.1) is 31.2 Å². The highest BCUT2D eigenvalue weighted by Crippen LogP contribution is 2.27. The fourth-order valence-electron chi connectivity index (χ4n) is 3.19. The number of quaternary nitrogens is 1. The zero-order valence-electron chi connectivity index (χ0n) is 15.8. The summed E-state index contributed by atoms with van der Waals surface area (Å²) in [5, 5.41) is 5.44. The zero-order valence-corrected chi connectivity index (χ0v) is 15.8. The Bertz CT molecular complexity index is 862. The monoisotopic (exact) mass is 388 g/mol. The van der Waals surface area contributed by atoms with Gasteiger partial charge in [0.25, 0.3) is 0 Å². The second kappa shape index (κ2) is 8.71. The molecule has 0 fully saturated rings. The van der Waals surface area contributed by atoms with Crippen LogP contribution in [0.5, 0.6) is 0 Å². The number of hydrogen-bond acceptors (Lipinski definition) is 4. The number of likely N-dealkylation sites (N-methyl/N-ethyl adjacent to an activating group) is 1. The van der Waals surface area contributed by atoms with E-state index in [4.69, 9.17) is 9.15 Å². The number of ether oxygens (including phenoxy) is 1. The van der Waals surface area contributed by atoms with Crippen LogP contribution in [0.2, 0.25) is 0 Å². The Morgan fingerprint density at radius 2 is 2.00 bits per heavy atom. The molecule has 28 heavy (non-hydrogen) atoms. The van der Waals surface area contributed by atoms with E-state index in [1.54, 1.807) is 31.2 Å². The van der Waals surface area contributed by atoms with Crippen LogP contribution in [0.3, 0.4) is 0 Å². The number of hydrogen-bond donors (Lipinski definition) is 3. The Labute approximate surface area is 162 Å². The summed E-state index contributed by atoms with van der Waals surface area (Å²) >= 11 is 0. The Hall–Kier alpha value is -3.13. The number of carbonyl (C=O) groups is 2. The smallest absolute Gasteiger partial charge is 0.338 e. The summed E-state index contributed by atoms with van der Waals surface area (Å²) in [6.07, 6.45) is 1.48. The second-order valence-corrected chi connectivity index (χ2v) is 6.60. The number of esters is 1. The van der Waals surface area contributed by atoms with Crippen LogP contribution in [0.15, 0.2) is 58.3 Å². The van der Waals surface area contributed by atoms with Crippen LogP contribution >= 0.6 is 0 Å². The van der Waals surface area contributed by atoms with Gasteiger partial charge in [0.15, 0.2) is 0 Å². The standard InChI is InChI=1S/C20H22FN3O4/c1-3-27-19(25)17-15(12-24(2)11-13-6-8-14(21)9-7-13)22-20(26)23-18(17)16-5-4-10-28-16/h4-10,18H,3,11-12H2,1-2H3,(H2,22,23,26)/p+1/t18-/m0/s1. The third-order valence-corrected chi connectivity index (χ3v) is 4.37. The highest BCUT2D eigenvalue weighted by atomic mass is 19.1. The van der Waals surface area contributed by atoms with Crippen LogP contribution in [0.25, 0.3) is 0 Å². The quantitative estimate of drug-likeness (QED) is 0.625. The Morgan fingerprint density at radius 3 is 2.64 bits per heavy atom. The van der Waals surface area contributed by atoms with Gasteiger partial charge >= 0.3 is 12.0 Å². The lowest BCUT2D eigenvalue weighted by Gasteiger charge is -2.28. The molecule has 0 aliphatic carbocycles. The molecule has 7 nitrogen and oxygen atoms in total. The van der Waals surface area contributed by atoms with Gasteiger partial charge in [-0.25, -0.2) is 14.0 Å². The molecule has 3 N–H and O–H groups in total. The molecule has 1 aromatic carbocycles. The molecule has 8 heteroatoms. The van der Waals surface area contributed by atoms with Gasteiger partial charge in [-0.15, -0.1) is 0 Å². The molecule has 2 aromatic rings. The van der Waals surface area contributed by atoms with Crippen molar-refractivity contribution in [3.05, 3.63) is 71.1 Å². The predicted octanol–water partition coefficient (Wildman–Crippen LogP) is 1.30. The van der Waals surface area contributed by atoms with E-state index in [0.717, 1.165) is 10.5 Å². The summed E-state index contributed by atoms with van der Waals surface area (Å²) in [6.45, 7) is 2.90. The van der Waals surface area contributed by atoms with E-state index in [2.05, 4.69) is 10.6 Å². The molecule has 2 amide bonds. The van der Waals surface area contributed by atoms with Crippen LogP contribution in [-0.4, -0.2) is 32.2 Å². The SMILES string of the molecule is CCOC(=O)C1=C(C[NH+](C)Cc2ccc(F)cc2)NC(=O)N[C@H]1c1ccco1. The average Bonchev–Trinajstić information content (AvgIpc) is 3.18. The van der Waals surface area contributed by atoms with Crippen LogP contribution in [-0.2, 0) is 16.1 Å². The maximum Gasteiger partial charge on any atom is 0.338 e. The summed E-state index contributed by atoms with van der Waals surface area (Å²) < 4.78 is 23.7. The number of urea groups is 1. The molecule has 1 aliphatic rings. The van der Waals surface area contributed by atoms with Crippen molar-refractivity contribution >= 4 is 12.0 Å². The number of amides is 2. The maximum absolute atomic E-state index is 13.1. The Kier molecular flexibility index (Phi) is 6.10. The summed E-state index contributed by atoms with van der Waals surface area (Å²) in [6, 6.07) is 8.49. The predicted molar refractivity (Wildman–Crippen MR) is 98.6 cm³/mol. The highest BCUT2D eigenvalue weighted by molar-refractivity contribution is 5.95. The third kappa shape index (κ3) is 4.58. The molecule has 0 radical (unpaired) electrons. The van der Waals surface area contributed by atoms with Crippen molar-refractivity contribution in [2.24, 2.45) is 0 Å². The van der Waals surface area contributed by atoms with E-state index in [9.17, 15) is 14.0 Å². The fraction of sp³-hybridized carbons (Fsp3) is 0.300. The third-order valence-electron chi connectivity index (χ3n) is 4.37. The van der Waals surface area contributed by atoms with Gasteiger partial charge in [-0.05, 0) is 31.2 Å². The lowest BCUT2D eigenvalue weighted by Crippen LogP contribution is -3.08. The van der Waals surface area contributed by atoms with Crippen molar-refractivity contribution < 1.29 is 28.0 Å². The summed E-state index contributed by atoms with van der Waals surface area (Å²) in [5.41, 5.74) is 1.73. The first-order valence-electron chi connectivity index (χ1n) is 9.04. The number of furan rings is 1. The molecule has 0 saturated heterocycles. The molecule has 2 atom stereocenters. The normalized spacial score (nSPS) is 17.7. The molecule has 1 unspecified atom stereocenters. The number of carbonyl (C=O) groups excluding carboxylic acids is 2. The Balaban J connectivity index is 1.87. The van der Waals surface area contributed by atoms with Gasteiger partial charge in [0.1, 0.15) is 30.7 Å². The van der Waals surface area contributed by atoms with Crippen LogP contribution in [0.4, 0.5) is 9.18 Å². The number of nitrogens with one attached hydrogen (secondary N) is 3. The van der Waals surface area contributed by atoms with Gasteiger partial charge in [-0.2, -0.15) is 0 Å². The summed E-state index contributed by atoms with van der Waals surface area (Å²) in [7, 11) is 1.93. The molecular weight excluding hydrogens is 365 g/mol. The van der Waals surface area contributed by atoms with E-state index in [1.165, 1.54) is 18.4 Å². The molecule has 1 aliphatic heterocycles. The molecule has 0 saturated carbocycles. The van der Waals surface area contributed by atoms with E-state index >= 15 is 0 Å². The minimum absolute atomic E-state index is 0.215. The Morgan fingerprint density at radius 1 is 1.25 bits per heavy atom. The summed E-state index contributed by atoms with van der Waals surface area (Å²) in [5.74, 6) is -0.354. The van der Waals surface area contributed by atoms with Gasteiger partial charge in [0, 0.05) is 5.56 Å². The minimum Gasteiger partial charge on any atom is -0.467 e. The number of rotatable bonds is 7. The molecule has 3 rings (SSSR count). The molecular formula is C20H23FN3O4+. The fourth-order valence-corrected chi connectivity index (χ4v) is 3.19. The largest absolute Gasteiger partial charge is 0.467 e. The zero-order chi connectivity index (χ0) is 20.1. The van der Waals surface area contributed by atoms with Crippen molar-refractivity contribution in [1.29, 1.82) is 0 Å². The molecule has 148 valence electrons. The van der Waals surface area contributed by atoms with E-state index in [-0.39, 0.29) is 12.4 Å². The van der Waals surface area contributed by atoms with Crippen LogP contribution in [0.1, 0.15) is 24.3 Å². The summed E-state index contributed by atoms with van der Waals surface area (Å²) in [4.78, 5) is 25.8. The lowest BCUT2D eigenvalue weighted by molar-refractivity contribution is -0.889. The molecule has 2 heterocycles. The molecule has 0 spiro atoms. The highest BCUT2D eigenvalue weighted by Gasteiger charge is 2.36. The van der Waals surface area contributed by atoms with Crippen LogP contribution in [0, 0.1) is 5.82 Å². The average molecular weight is 388 g/mol. The van der Waals surface area contributed by atoms with E-state index in [1.807, 2.05) is 7.05 Å². The first-order valence-corrected chi connectivity index (χ1v) is 9.04. The van der Waals surface area contributed by atoms with Crippen LogP contribution < -0.4 is 15.5 Å². The number of halogens is 1. The minimum atomic E-state index is -0.726. The van der Waals surface area contributed by atoms with Crippen molar-refractivity contribution in [3.8, 4) is 0 Å². The topological polar surface area (TPSA) is 85.0 Å². The van der Waals surface area contributed by atoms with Gasteiger partial charge in [-0.3, -0.25) is 0 Å². The van der Waals surface area contributed by atoms with E-state index < -0.39 is 18.0 Å². The lowest BCUT2D eigenvalue weighted by atomic mass is 10.00. The first kappa shape index (κ1) is 19.6. The van der Waals surface area contributed by atoms with Crippen molar-refractivity contribution in [1.82, 2.24) is 10.6 Å².